The molecular weight excluding hydrogens is 144 g/mol. The van der Waals surface area contributed by atoms with E-state index in [2.05, 4.69) is 11.3 Å². The summed E-state index contributed by atoms with van der Waals surface area (Å²) in [4.78, 5) is 10.9. The quantitative estimate of drug-likeness (QED) is 0.477. The Labute approximate surface area is 66.7 Å². The van der Waals surface area contributed by atoms with Gasteiger partial charge in [0.15, 0.2) is 11.5 Å². The minimum atomic E-state index is -0.441. The van der Waals surface area contributed by atoms with Gasteiger partial charge in [0, 0.05) is 6.42 Å². The summed E-state index contributed by atoms with van der Waals surface area (Å²) >= 11 is 0. The summed E-state index contributed by atoms with van der Waals surface area (Å²) in [5.74, 6) is 0.0130. The summed E-state index contributed by atoms with van der Waals surface area (Å²) in [5, 5.41) is 8.83. The second-order valence-electron chi connectivity index (χ2n) is 2.44. The molecule has 1 N–H and O–H groups in total. The summed E-state index contributed by atoms with van der Waals surface area (Å²) in [6.07, 6.45) is 0.314. The van der Waals surface area contributed by atoms with E-state index in [1.54, 1.807) is 6.92 Å². The van der Waals surface area contributed by atoms with Crippen LogP contribution < -0.4 is 0 Å². The first-order valence-electron chi connectivity index (χ1n) is 3.52. The molecule has 0 aromatic heterocycles. The predicted octanol–water partition coefficient (Wildman–Crippen LogP) is 0.877. The molecule has 0 aliphatic rings. The number of hydrogen-bond donors (Lipinski definition) is 1. The highest BCUT2D eigenvalue weighted by molar-refractivity contribution is 5.92. The van der Waals surface area contributed by atoms with Gasteiger partial charge in [0.25, 0.3) is 0 Å². The maximum absolute atomic E-state index is 10.9. The lowest BCUT2D eigenvalue weighted by molar-refractivity contribution is -0.118. The molecular formula is C8H14O3. The van der Waals surface area contributed by atoms with Crippen LogP contribution in [-0.4, -0.2) is 24.1 Å². The SMILES string of the molecule is C=C(OC)C(=O)CCC(C)O. The van der Waals surface area contributed by atoms with E-state index in [4.69, 9.17) is 5.11 Å². The van der Waals surface area contributed by atoms with Gasteiger partial charge >= 0.3 is 0 Å². The van der Waals surface area contributed by atoms with Gasteiger partial charge in [0.1, 0.15) is 0 Å². The first-order chi connectivity index (χ1) is 5.07. The van der Waals surface area contributed by atoms with E-state index in [1.165, 1.54) is 7.11 Å². The van der Waals surface area contributed by atoms with E-state index in [9.17, 15) is 4.79 Å². The van der Waals surface area contributed by atoms with Crippen LogP contribution in [0.1, 0.15) is 19.8 Å². The van der Waals surface area contributed by atoms with Crippen LogP contribution in [0.2, 0.25) is 0 Å². The molecule has 11 heavy (non-hydrogen) atoms. The number of aliphatic hydroxyl groups is 1. The van der Waals surface area contributed by atoms with E-state index in [0.29, 0.717) is 12.8 Å². The van der Waals surface area contributed by atoms with Gasteiger partial charge in [-0.3, -0.25) is 4.79 Å². The number of Topliss-reactive ketones (excluding diaryl/α,β-unsaturated/α-hetero) is 1. The number of hydrogen-bond acceptors (Lipinski definition) is 3. The Morgan fingerprint density at radius 3 is 2.64 bits per heavy atom. The second-order valence-corrected chi connectivity index (χ2v) is 2.44. The van der Waals surface area contributed by atoms with Crippen LogP contribution in [0.25, 0.3) is 0 Å². The molecule has 0 heterocycles. The third kappa shape index (κ3) is 4.56. The lowest BCUT2D eigenvalue weighted by atomic mass is 10.1. The molecule has 0 rings (SSSR count). The molecule has 1 atom stereocenters. The van der Waals surface area contributed by atoms with Crippen molar-refractivity contribution in [1.82, 2.24) is 0 Å². The molecule has 64 valence electrons. The number of aliphatic hydroxyl groups excluding tert-OH is 1. The van der Waals surface area contributed by atoms with Crippen molar-refractivity contribution in [3.05, 3.63) is 12.3 Å². The molecule has 0 saturated carbocycles. The fraction of sp³-hybridized carbons (Fsp3) is 0.625. The van der Waals surface area contributed by atoms with Crippen LogP contribution in [0.5, 0.6) is 0 Å². The Bertz CT molecular complexity index is 149. The molecule has 0 bridgehead atoms. The second kappa shape index (κ2) is 4.91. The molecule has 0 aliphatic heterocycles. The Morgan fingerprint density at radius 1 is 1.73 bits per heavy atom. The van der Waals surface area contributed by atoms with Crippen LogP contribution in [0, 0.1) is 0 Å². The van der Waals surface area contributed by atoms with Gasteiger partial charge in [-0.2, -0.15) is 0 Å². The minimum absolute atomic E-state index is 0.145. The molecule has 0 radical (unpaired) electrons. The molecule has 0 fully saturated rings. The van der Waals surface area contributed by atoms with E-state index in [1.807, 2.05) is 0 Å². The zero-order chi connectivity index (χ0) is 8.85. The van der Waals surface area contributed by atoms with Gasteiger partial charge in [-0.15, -0.1) is 0 Å². The maximum atomic E-state index is 10.9. The van der Waals surface area contributed by atoms with Crippen molar-refractivity contribution in [2.45, 2.75) is 25.9 Å². The Morgan fingerprint density at radius 2 is 2.27 bits per heavy atom. The van der Waals surface area contributed by atoms with Crippen molar-refractivity contribution in [3.63, 3.8) is 0 Å². The van der Waals surface area contributed by atoms with Crippen LogP contribution in [0.4, 0.5) is 0 Å². The average molecular weight is 158 g/mol. The number of methoxy groups -OCH3 is 1. The van der Waals surface area contributed by atoms with E-state index in [0.717, 1.165) is 0 Å². The molecule has 0 saturated heterocycles. The number of carbonyl (C=O) groups excluding carboxylic acids is 1. The number of allylic oxidation sites excluding steroid dienone is 1. The standard InChI is InChI=1S/C8H14O3/c1-6(9)4-5-8(10)7(2)11-3/h6,9H,2,4-5H2,1,3H3. The fourth-order valence-corrected chi connectivity index (χ4v) is 0.593. The number of ether oxygens (including phenoxy) is 1. The molecule has 3 heteroatoms. The smallest absolute Gasteiger partial charge is 0.196 e. The summed E-state index contributed by atoms with van der Waals surface area (Å²) in [7, 11) is 1.41. The Balaban J connectivity index is 3.61. The molecule has 3 nitrogen and oxygen atoms in total. The highest BCUT2D eigenvalue weighted by atomic mass is 16.5. The van der Waals surface area contributed by atoms with Crippen LogP contribution in [-0.2, 0) is 9.53 Å². The molecule has 0 aromatic carbocycles. The lowest BCUT2D eigenvalue weighted by Crippen LogP contribution is -2.07. The summed E-state index contributed by atoms with van der Waals surface area (Å²) in [6.45, 7) is 5.04. The van der Waals surface area contributed by atoms with E-state index >= 15 is 0 Å². The fourth-order valence-electron chi connectivity index (χ4n) is 0.593. The number of carbonyl (C=O) groups is 1. The molecule has 0 amide bonds. The van der Waals surface area contributed by atoms with Gasteiger partial charge in [-0.25, -0.2) is 0 Å². The maximum Gasteiger partial charge on any atom is 0.196 e. The normalized spacial score (nSPS) is 12.3. The third-order valence-corrected chi connectivity index (χ3v) is 1.35. The van der Waals surface area contributed by atoms with Crippen molar-refractivity contribution in [2.24, 2.45) is 0 Å². The molecule has 0 aliphatic carbocycles. The van der Waals surface area contributed by atoms with Crippen LogP contribution in [0.3, 0.4) is 0 Å². The molecule has 1 unspecified atom stereocenters. The topological polar surface area (TPSA) is 46.5 Å². The third-order valence-electron chi connectivity index (χ3n) is 1.35. The highest BCUT2D eigenvalue weighted by Gasteiger charge is 2.07. The van der Waals surface area contributed by atoms with Crippen molar-refractivity contribution in [1.29, 1.82) is 0 Å². The summed E-state index contributed by atoms with van der Waals surface area (Å²) < 4.78 is 4.62. The molecule has 0 aromatic rings. The minimum Gasteiger partial charge on any atom is -0.494 e. The highest BCUT2D eigenvalue weighted by Crippen LogP contribution is 2.03. The van der Waals surface area contributed by atoms with Crippen molar-refractivity contribution in [3.8, 4) is 0 Å². The first kappa shape index (κ1) is 10.2. The van der Waals surface area contributed by atoms with Crippen molar-refractivity contribution < 1.29 is 14.6 Å². The summed E-state index contributed by atoms with van der Waals surface area (Å²) in [5.41, 5.74) is 0. The first-order valence-corrected chi connectivity index (χ1v) is 3.52. The van der Waals surface area contributed by atoms with Gasteiger partial charge in [-0.05, 0) is 13.3 Å². The van der Waals surface area contributed by atoms with Crippen LogP contribution in [0.15, 0.2) is 12.3 Å². The van der Waals surface area contributed by atoms with Gasteiger partial charge < -0.3 is 9.84 Å². The van der Waals surface area contributed by atoms with Gasteiger partial charge in [-0.1, -0.05) is 6.58 Å². The Hall–Kier alpha value is -0.830. The van der Waals surface area contributed by atoms with Crippen molar-refractivity contribution in [2.75, 3.05) is 7.11 Å². The molecule has 0 spiro atoms. The van der Waals surface area contributed by atoms with E-state index in [-0.39, 0.29) is 11.5 Å². The summed E-state index contributed by atoms with van der Waals surface area (Å²) in [6, 6.07) is 0. The van der Waals surface area contributed by atoms with Crippen LogP contribution >= 0.6 is 0 Å². The monoisotopic (exact) mass is 158 g/mol. The number of ketones is 1. The largest absolute Gasteiger partial charge is 0.494 e. The number of rotatable bonds is 5. The predicted molar refractivity (Wildman–Crippen MR) is 42.1 cm³/mol. The Kier molecular flexibility index (Phi) is 4.54. The van der Waals surface area contributed by atoms with Gasteiger partial charge in [0.2, 0.25) is 0 Å². The van der Waals surface area contributed by atoms with Gasteiger partial charge in [0.05, 0.1) is 13.2 Å². The van der Waals surface area contributed by atoms with Crippen molar-refractivity contribution >= 4 is 5.78 Å². The zero-order valence-corrected chi connectivity index (χ0v) is 6.96. The lowest BCUT2D eigenvalue weighted by Gasteiger charge is -2.04. The van der Waals surface area contributed by atoms with E-state index < -0.39 is 6.10 Å². The zero-order valence-electron chi connectivity index (χ0n) is 6.96. The average Bonchev–Trinajstić information content (AvgIpc) is 1.98.